The average molecular weight is 414 g/mol. The largest absolute Gasteiger partial charge is 0.497 e. The van der Waals surface area contributed by atoms with E-state index in [1.807, 2.05) is 72.8 Å². The molecule has 1 aliphatic rings. The lowest BCUT2D eigenvalue weighted by Crippen LogP contribution is -2.01. The van der Waals surface area contributed by atoms with Gasteiger partial charge in [0.2, 0.25) is 12.7 Å². The highest BCUT2D eigenvalue weighted by atomic mass is 16.7. The van der Waals surface area contributed by atoms with E-state index in [-0.39, 0.29) is 12.7 Å². The van der Waals surface area contributed by atoms with Crippen LogP contribution in [0.25, 0.3) is 11.3 Å². The summed E-state index contributed by atoms with van der Waals surface area (Å²) in [5, 5.41) is 15.9. The molecular weight excluding hydrogens is 392 g/mol. The Morgan fingerprint density at radius 2 is 1.77 bits per heavy atom. The average Bonchev–Trinajstić information content (AvgIpc) is 3.40. The van der Waals surface area contributed by atoms with Gasteiger partial charge in [0, 0.05) is 17.5 Å². The minimum Gasteiger partial charge on any atom is -0.497 e. The Labute approximate surface area is 180 Å². The van der Waals surface area contributed by atoms with Crippen molar-refractivity contribution >= 4 is 0 Å². The van der Waals surface area contributed by atoms with E-state index in [0.29, 0.717) is 13.0 Å². The molecule has 1 aliphatic heterocycles. The molecule has 1 aromatic heterocycles. The Hall–Kier alpha value is -3.93. The van der Waals surface area contributed by atoms with Gasteiger partial charge in [-0.3, -0.25) is 0 Å². The summed E-state index contributed by atoms with van der Waals surface area (Å²) < 4.78 is 17.9. The number of ether oxygens (including phenoxy) is 3. The summed E-state index contributed by atoms with van der Waals surface area (Å²) in [7, 11) is 1.64. The maximum absolute atomic E-state index is 11.1. The topological polar surface area (TPSA) is 65.7 Å². The highest BCUT2D eigenvalue weighted by Gasteiger charge is 2.21. The molecule has 0 spiro atoms. The van der Waals surface area contributed by atoms with Crippen LogP contribution in [-0.4, -0.2) is 28.8 Å². The van der Waals surface area contributed by atoms with Gasteiger partial charge in [-0.25, -0.2) is 4.68 Å². The van der Waals surface area contributed by atoms with Crippen LogP contribution in [0.2, 0.25) is 0 Å². The number of nitrogens with zero attached hydrogens (tertiary/aromatic N) is 2. The Balaban J connectivity index is 1.54. The third-order valence-electron chi connectivity index (χ3n) is 5.35. The highest BCUT2D eigenvalue weighted by molar-refractivity contribution is 5.66. The standard InChI is InChI=1S/C25H22N2O4/c1-29-20-9-5-6-18(12-20)15-27-25(28)21(24(26-27)19-7-3-2-4-8-19)13-17-10-11-22-23(14-17)31-16-30-22/h2-12,14,28H,13,15-16H2,1H3. The van der Waals surface area contributed by atoms with Crippen LogP contribution in [0.15, 0.2) is 72.8 Å². The zero-order valence-electron chi connectivity index (χ0n) is 17.1. The molecule has 0 aliphatic carbocycles. The third-order valence-corrected chi connectivity index (χ3v) is 5.35. The van der Waals surface area contributed by atoms with Crippen molar-refractivity contribution in [3.8, 4) is 34.4 Å². The number of hydrogen-bond donors (Lipinski definition) is 1. The minimum absolute atomic E-state index is 0.152. The molecular formula is C25H22N2O4. The molecule has 0 saturated heterocycles. The molecule has 156 valence electrons. The molecule has 0 bridgehead atoms. The lowest BCUT2D eigenvalue weighted by Gasteiger charge is -2.07. The number of hydrogen-bond acceptors (Lipinski definition) is 5. The molecule has 31 heavy (non-hydrogen) atoms. The Morgan fingerprint density at radius 1 is 0.935 bits per heavy atom. The van der Waals surface area contributed by atoms with Gasteiger partial charge in [0.05, 0.1) is 19.3 Å². The van der Waals surface area contributed by atoms with Gasteiger partial charge in [0.15, 0.2) is 11.5 Å². The predicted molar refractivity (Wildman–Crippen MR) is 117 cm³/mol. The highest BCUT2D eigenvalue weighted by Crippen LogP contribution is 2.36. The fourth-order valence-corrected chi connectivity index (χ4v) is 3.79. The lowest BCUT2D eigenvalue weighted by molar-refractivity contribution is 0.174. The zero-order valence-corrected chi connectivity index (χ0v) is 17.1. The van der Waals surface area contributed by atoms with E-state index in [1.165, 1.54) is 0 Å². The predicted octanol–water partition coefficient (Wildman–Crippen LogP) is 4.63. The summed E-state index contributed by atoms with van der Waals surface area (Å²) in [6.07, 6.45) is 0.519. The van der Waals surface area contributed by atoms with Crippen LogP contribution in [0.4, 0.5) is 0 Å². The molecule has 0 amide bonds. The van der Waals surface area contributed by atoms with Crippen LogP contribution >= 0.6 is 0 Å². The zero-order chi connectivity index (χ0) is 21.2. The summed E-state index contributed by atoms with van der Waals surface area (Å²) in [6, 6.07) is 23.5. The quantitative estimate of drug-likeness (QED) is 0.498. The molecule has 3 aromatic carbocycles. The third kappa shape index (κ3) is 3.80. The Morgan fingerprint density at radius 3 is 2.61 bits per heavy atom. The van der Waals surface area contributed by atoms with Gasteiger partial charge < -0.3 is 19.3 Å². The van der Waals surface area contributed by atoms with Crippen molar-refractivity contribution in [2.75, 3.05) is 13.9 Å². The van der Waals surface area contributed by atoms with Crippen LogP contribution in [0.3, 0.4) is 0 Å². The summed E-state index contributed by atoms with van der Waals surface area (Å²) in [5.41, 5.74) is 4.49. The first kappa shape index (κ1) is 19.1. The number of rotatable bonds is 6. The van der Waals surface area contributed by atoms with Crippen molar-refractivity contribution in [2.24, 2.45) is 0 Å². The van der Waals surface area contributed by atoms with E-state index in [0.717, 1.165) is 45.2 Å². The molecule has 0 unspecified atom stereocenters. The second-order valence-electron chi connectivity index (χ2n) is 7.39. The van der Waals surface area contributed by atoms with Gasteiger partial charge in [-0.1, -0.05) is 48.5 Å². The molecule has 0 fully saturated rings. The summed E-state index contributed by atoms with van der Waals surface area (Å²) >= 11 is 0. The van der Waals surface area contributed by atoms with Gasteiger partial charge in [0.1, 0.15) is 5.75 Å². The van der Waals surface area contributed by atoms with E-state index in [4.69, 9.17) is 19.3 Å². The smallest absolute Gasteiger partial charge is 0.231 e. The molecule has 6 heteroatoms. The van der Waals surface area contributed by atoms with Crippen molar-refractivity contribution in [2.45, 2.75) is 13.0 Å². The maximum Gasteiger partial charge on any atom is 0.231 e. The fraction of sp³-hybridized carbons (Fsp3) is 0.160. The van der Waals surface area contributed by atoms with Crippen LogP contribution in [0.1, 0.15) is 16.7 Å². The first-order chi connectivity index (χ1) is 15.2. The SMILES string of the molecule is COc1cccc(Cn2nc(-c3ccccc3)c(Cc3ccc4c(c3)OCO4)c2O)c1. The van der Waals surface area contributed by atoms with Crippen molar-refractivity contribution < 1.29 is 19.3 Å². The molecule has 4 aromatic rings. The maximum atomic E-state index is 11.1. The second-order valence-corrected chi connectivity index (χ2v) is 7.39. The number of fused-ring (bicyclic) bond motifs is 1. The number of benzene rings is 3. The number of aromatic nitrogens is 2. The van der Waals surface area contributed by atoms with E-state index in [1.54, 1.807) is 11.8 Å². The van der Waals surface area contributed by atoms with Gasteiger partial charge in [-0.05, 0) is 35.4 Å². The van der Waals surface area contributed by atoms with E-state index in [9.17, 15) is 5.11 Å². The van der Waals surface area contributed by atoms with E-state index < -0.39 is 0 Å². The van der Waals surface area contributed by atoms with E-state index in [2.05, 4.69) is 0 Å². The monoisotopic (exact) mass is 414 g/mol. The number of aromatic hydroxyl groups is 1. The van der Waals surface area contributed by atoms with Crippen LogP contribution < -0.4 is 14.2 Å². The normalized spacial score (nSPS) is 12.2. The van der Waals surface area contributed by atoms with Gasteiger partial charge in [-0.15, -0.1) is 0 Å². The first-order valence-corrected chi connectivity index (χ1v) is 10.1. The molecule has 6 nitrogen and oxygen atoms in total. The molecule has 0 radical (unpaired) electrons. The summed E-state index contributed by atoms with van der Waals surface area (Å²) in [5.74, 6) is 2.39. The lowest BCUT2D eigenvalue weighted by atomic mass is 10.0. The van der Waals surface area contributed by atoms with Crippen molar-refractivity contribution in [3.05, 3.63) is 89.5 Å². The minimum atomic E-state index is 0.152. The van der Waals surface area contributed by atoms with Crippen molar-refractivity contribution in [3.63, 3.8) is 0 Å². The summed E-state index contributed by atoms with van der Waals surface area (Å²) in [4.78, 5) is 0. The number of methoxy groups -OCH3 is 1. The fourth-order valence-electron chi connectivity index (χ4n) is 3.79. The van der Waals surface area contributed by atoms with Crippen molar-refractivity contribution in [1.29, 1.82) is 0 Å². The van der Waals surface area contributed by atoms with Gasteiger partial charge in [-0.2, -0.15) is 5.10 Å². The molecule has 2 heterocycles. The van der Waals surface area contributed by atoms with Crippen LogP contribution in [0, 0.1) is 0 Å². The van der Waals surface area contributed by atoms with Gasteiger partial charge in [0.25, 0.3) is 0 Å². The van der Waals surface area contributed by atoms with Crippen LogP contribution in [-0.2, 0) is 13.0 Å². The molecule has 0 saturated carbocycles. The molecule has 5 rings (SSSR count). The van der Waals surface area contributed by atoms with Gasteiger partial charge >= 0.3 is 0 Å². The first-order valence-electron chi connectivity index (χ1n) is 10.1. The van der Waals surface area contributed by atoms with E-state index >= 15 is 0 Å². The Kier molecular flexibility index (Phi) is 4.96. The van der Waals surface area contributed by atoms with Crippen LogP contribution in [0.5, 0.6) is 23.1 Å². The summed E-state index contributed by atoms with van der Waals surface area (Å²) in [6.45, 7) is 0.668. The second kappa shape index (κ2) is 8.07. The molecule has 1 N–H and O–H groups in total. The van der Waals surface area contributed by atoms with Crippen molar-refractivity contribution in [1.82, 2.24) is 9.78 Å². The molecule has 0 atom stereocenters. The Bertz CT molecular complexity index is 1220.